The highest BCUT2D eigenvalue weighted by Crippen LogP contribution is 2.20. The van der Waals surface area contributed by atoms with Crippen LogP contribution in [0.25, 0.3) is 4.85 Å². The van der Waals surface area contributed by atoms with Crippen molar-refractivity contribution in [1.29, 1.82) is 0 Å². The standard InChI is InChI=1S/C15H21NO4/c1-3-19-14(17)10-12(15(18)20-4-2)11-16-13-8-6-5-7-9-13/h13H,3-9H2,1-2H3. The summed E-state index contributed by atoms with van der Waals surface area (Å²) in [6.07, 6.45) is 7.79. The minimum atomic E-state index is -0.707. The van der Waals surface area contributed by atoms with E-state index in [0.29, 0.717) is 0 Å². The Bertz CT molecular complexity index is 425. The predicted molar refractivity (Wildman–Crippen MR) is 74.1 cm³/mol. The first-order chi connectivity index (χ1) is 9.67. The third-order valence-electron chi connectivity index (χ3n) is 2.92. The van der Waals surface area contributed by atoms with E-state index in [9.17, 15) is 9.59 Å². The Balaban J connectivity index is 2.78. The summed E-state index contributed by atoms with van der Waals surface area (Å²) in [4.78, 5) is 27.3. The molecule has 0 unspecified atom stereocenters. The molecule has 0 aromatic rings. The molecule has 0 aromatic heterocycles. The first kappa shape index (κ1) is 16.2. The summed E-state index contributed by atoms with van der Waals surface area (Å²) in [5, 5.41) is 0. The van der Waals surface area contributed by atoms with Crippen molar-refractivity contribution in [3.63, 3.8) is 0 Å². The van der Waals surface area contributed by atoms with Crippen LogP contribution in [0.15, 0.2) is 5.57 Å². The zero-order valence-electron chi connectivity index (χ0n) is 12.1. The molecule has 5 nitrogen and oxygen atoms in total. The minimum Gasteiger partial charge on any atom is -0.519 e. The summed E-state index contributed by atoms with van der Waals surface area (Å²) in [6.45, 7) is 3.82. The fourth-order valence-corrected chi connectivity index (χ4v) is 1.96. The average molecular weight is 279 g/mol. The molecule has 0 aromatic carbocycles. The van der Waals surface area contributed by atoms with Crippen molar-refractivity contribution >= 4 is 11.9 Å². The maximum Gasteiger partial charge on any atom is 0.271 e. The van der Waals surface area contributed by atoms with Crippen LogP contribution >= 0.6 is 0 Å². The molecule has 0 N–H and O–H groups in total. The second kappa shape index (κ2) is 9.13. The monoisotopic (exact) mass is 279 g/mol. The zero-order valence-corrected chi connectivity index (χ0v) is 12.1. The Morgan fingerprint density at radius 3 is 2.40 bits per heavy atom. The fraction of sp³-hybridized carbons (Fsp3) is 0.667. The number of esters is 2. The van der Waals surface area contributed by atoms with Crippen molar-refractivity contribution in [1.82, 2.24) is 0 Å². The van der Waals surface area contributed by atoms with Gasteiger partial charge in [0.2, 0.25) is 5.97 Å². The number of rotatable bonds is 4. The van der Waals surface area contributed by atoms with Crippen LogP contribution in [-0.2, 0) is 19.1 Å². The molecular formula is C15H21NO4. The molecule has 0 amide bonds. The van der Waals surface area contributed by atoms with Crippen molar-refractivity contribution in [3.05, 3.63) is 16.5 Å². The molecule has 0 bridgehead atoms. The van der Waals surface area contributed by atoms with Gasteiger partial charge in [-0.3, -0.25) is 4.79 Å². The lowest BCUT2D eigenvalue weighted by molar-refractivity contribution is -0.141. The van der Waals surface area contributed by atoms with Gasteiger partial charge in [0.1, 0.15) is 0 Å². The van der Waals surface area contributed by atoms with Crippen LogP contribution < -0.4 is 0 Å². The van der Waals surface area contributed by atoms with Gasteiger partial charge >= 0.3 is 0 Å². The van der Waals surface area contributed by atoms with Gasteiger partial charge in [-0.2, -0.15) is 0 Å². The van der Waals surface area contributed by atoms with E-state index in [4.69, 9.17) is 9.47 Å². The second-order valence-electron chi connectivity index (χ2n) is 4.47. The molecule has 1 rings (SSSR count). The lowest BCUT2D eigenvalue weighted by Gasteiger charge is -2.09. The third-order valence-corrected chi connectivity index (χ3v) is 2.92. The quantitative estimate of drug-likeness (QED) is 0.343. The van der Waals surface area contributed by atoms with Crippen LogP contribution in [-0.4, -0.2) is 31.2 Å². The number of carbonyl (C=O) groups excluding carboxylic acids is 2. The molecule has 0 aliphatic heterocycles. The summed E-state index contributed by atoms with van der Waals surface area (Å²) in [5.41, 5.74) is -0.101. The molecule has 5 heteroatoms. The molecule has 1 aliphatic rings. The molecule has 110 valence electrons. The first-order valence-corrected chi connectivity index (χ1v) is 7.11. The Kier molecular flexibility index (Phi) is 7.41. The van der Waals surface area contributed by atoms with Crippen LogP contribution in [0.3, 0.4) is 0 Å². The molecular weight excluding hydrogens is 258 g/mol. The van der Waals surface area contributed by atoms with Gasteiger partial charge in [-0.1, -0.05) is 12.5 Å². The summed E-state index contributed by atoms with van der Waals surface area (Å²) >= 11 is 0. The molecule has 1 aliphatic carbocycles. The Labute approximate surface area is 119 Å². The lowest BCUT2D eigenvalue weighted by Crippen LogP contribution is -2.11. The minimum absolute atomic E-state index is 0.101. The van der Waals surface area contributed by atoms with Crippen LogP contribution in [0.2, 0.25) is 0 Å². The molecule has 0 atom stereocenters. The molecule has 1 fully saturated rings. The van der Waals surface area contributed by atoms with E-state index in [-0.39, 0.29) is 24.8 Å². The number of carbonyl (C=O) groups is 2. The topological polar surface area (TPSA) is 57.0 Å². The highest BCUT2D eigenvalue weighted by molar-refractivity contribution is 5.97. The highest BCUT2D eigenvalue weighted by Gasteiger charge is 2.19. The Morgan fingerprint density at radius 2 is 1.80 bits per heavy atom. The number of hydrogen-bond donors (Lipinski definition) is 0. The number of hydrogen-bond acceptors (Lipinski definition) is 4. The lowest BCUT2D eigenvalue weighted by atomic mass is 9.96. The van der Waals surface area contributed by atoms with Crippen molar-refractivity contribution in [3.8, 4) is 6.07 Å². The van der Waals surface area contributed by atoms with E-state index in [0.717, 1.165) is 25.7 Å². The third kappa shape index (κ3) is 5.87. The van der Waals surface area contributed by atoms with Crippen molar-refractivity contribution in [2.75, 3.05) is 13.2 Å². The van der Waals surface area contributed by atoms with Crippen molar-refractivity contribution in [2.24, 2.45) is 0 Å². The van der Waals surface area contributed by atoms with Crippen LogP contribution in [0.5, 0.6) is 0 Å². The molecule has 0 saturated heterocycles. The molecule has 1 saturated carbocycles. The molecule has 0 radical (unpaired) electrons. The van der Waals surface area contributed by atoms with E-state index in [1.807, 2.05) is 0 Å². The van der Waals surface area contributed by atoms with Gasteiger partial charge in [-0.05, 0) is 26.7 Å². The number of ether oxygens (including phenoxy) is 2. The second-order valence-corrected chi connectivity index (χ2v) is 4.47. The summed E-state index contributed by atoms with van der Waals surface area (Å²) < 4.78 is 9.59. The van der Waals surface area contributed by atoms with E-state index >= 15 is 0 Å². The van der Waals surface area contributed by atoms with Gasteiger partial charge < -0.3 is 14.3 Å². The molecule has 20 heavy (non-hydrogen) atoms. The first-order valence-electron chi connectivity index (χ1n) is 7.11. The van der Waals surface area contributed by atoms with Crippen LogP contribution in [0.4, 0.5) is 0 Å². The maximum atomic E-state index is 11.7. The molecule has 0 spiro atoms. The summed E-state index contributed by atoms with van der Waals surface area (Å²) in [7, 11) is 0. The van der Waals surface area contributed by atoms with Crippen molar-refractivity contribution in [2.45, 2.75) is 52.0 Å². The van der Waals surface area contributed by atoms with Gasteiger partial charge in [0.05, 0.1) is 13.2 Å². The van der Waals surface area contributed by atoms with E-state index in [1.54, 1.807) is 13.8 Å². The zero-order chi connectivity index (χ0) is 14.8. The van der Waals surface area contributed by atoms with Gasteiger partial charge in [0, 0.05) is 18.4 Å². The largest absolute Gasteiger partial charge is 0.519 e. The van der Waals surface area contributed by atoms with E-state index < -0.39 is 11.9 Å². The fourth-order valence-electron chi connectivity index (χ4n) is 1.96. The summed E-state index contributed by atoms with van der Waals surface area (Å²) in [5.74, 6) is -1.36. The molecule has 0 heterocycles. The van der Waals surface area contributed by atoms with E-state index in [1.165, 1.54) is 6.42 Å². The predicted octanol–water partition coefficient (Wildman–Crippen LogP) is 2.51. The maximum absolute atomic E-state index is 11.7. The SMILES string of the molecule is CCOC(=O)[C-]=C(C#[N+]C1CCCCC1)C(=O)OCC. The summed E-state index contributed by atoms with van der Waals surface area (Å²) in [6, 6.07) is 2.78. The normalized spacial score (nSPS) is 16.0. The Morgan fingerprint density at radius 1 is 1.15 bits per heavy atom. The smallest absolute Gasteiger partial charge is 0.271 e. The van der Waals surface area contributed by atoms with Gasteiger partial charge in [0.25, 0.3) is 12.0 Å². The van der Waals surface area contributed by atoms with Gasteiger partial charge in [0.15, 0.2) is 6.07 Å². The average Bonchev–Trinajstić information content (AvgIpc) is 2.45. The van der Waals surface area contributed by atoms with Gasteiger partial charge in [-0.15, -0.1) is 4.85 Å². The Hall–Kier alpha value is -1.83. The van der Waals surface area contributed by atoms with E-state index in [2.05, 4.69) is 17.0 Å². The van der Waals surface area contributed by atoms with Crippen molar-refractivity contribution < 1.29 is 19.1 Å². The number of nitrogens with zero attached hydrogens (tertiary/aromatic N) is 1. The van der Waals surface area contributed by atoms with Crippen LogP contribution in [0, 0.1) is 12.1 Å². The highest BCUT2D eigenvalue weighted by atomic mass is 16.5. The van der Waals surface area contributed by atoms with Gasteiger partial charge in [-0.25, -0.2) is 0 Å². The van der Waals surface area contributed by atoms with Crippen LogP contribution in [0.1, 0.15) is 46.0 Å².